The summed E-state index contributed by atoms with van der Waals surface area (Å²) in [7, 11) is 5.99. The van der Waals surface area contributed by atoms with Crippen LogP contribution in [0.3, 0.4) is 0 Å². The molecule has 0 N–H and O–H groups in total. The van der Waals surface area contributed by atoms with Crippen LogP contribution in [0.5, 0.6) is 0 Å². The normalized spacial score (nSPS) is 25.2. The number of nitriles is 1. The first kappa shape index (κ1) is 23.2. The molecule has 1 aromatic carbocycles. The van der Waals surface area contributed by atoms with Crippen molar-refractivity contribution in [1.82, 2.24) is 14.8 Å². The highest BCUT2D eigenvalue weighted by Crippen LogP contribution is 2.49. The number of ether oxygens (including phenoxy) is 1. The van der Waals surface area contributed by atoms with Crippen LogP contribution in [0.15, 0.2) is 42.6 Å². The van der Waals surface area contributed by atoms with Gasteiger partial charge in [-0.1, -0.05) is 30.3 Å². The van der Waals surface area contributed by atoms with Gasteiger partial charge in [0, 0.05) is 19.2 Å². The third-order valence-corrected chi connectivity index (χ3v) is 7.67. The van der Waals surface area contributed by atoms with Crippen molar-refractivity contribution in [2.45, 2.75) is 43.7 Å². The van der Waals surface area contributed by atoms with Crippen LogP contribution in [0.4, 0.5) is 10.5 Å². The van der Waals surface area contributed by atoms with Gasteiger partial charge in [0.1, 0.15) is 11.8 Å². The number of amides is 2. The molecule has 4 rings (SSSR count). The number of urea groups is 1. The molecule has 2 aliphatic rings. The third-order valence-electron chi connectivity index (χ3n) is 7.67. The number of nitrogens with zero attached hydrogens (tertiary/aromatic N) is 5. The number of carbonyl (C=O) groups excluding carboxylic acids is 1. The van der Waals surface area contributed by atoms with Crippen molar-refractivity contribution >= 4 is 11.7 Å². The van der Waals surface area contributed by atoms with E-state index in [1.165, 1.54) is 5.56 Å². The summed E-state index contributed by atoms with van der Waals surface area (Å²) in [5.74, 6) is 0. The van der Waals surface area contributed by atoms with Gasteiger partial charge in [0.2, 0.25) is 0 Å². The number of anilines is 1. The van der Waals surface area contributed by atoms with Crippen LogP contribution >= 0.6 is 0 Å². The van der Waals surface area contributed by atoms with E-state index in [2.05, 4.69) is 60.4 Å². The van der Waals surface area contributed by atoms with E-state index in [1.54, 1.807) is 19.4 Å². The van der Waals surface area contributed by atoms with Gasteiger partial charge in [0.25, 0.3) is 0 Å². The van der Waals surface area contributed by atoms with Crippen LogP contribution < -0.4 is 4.90 Å². The first-order valence-electron chi connectivity index (χ1n) is 11.5. The van der Waals surface area contributed by atoms with Crippen molar-refractivity contribution in [2.75, 3.05) is 45.8 Å². The molecule has 1 spiro atoms. The van der Waals surface area contributed by atoms with E-state index >= 15 is 0 Å². The highest BCUT2D eigenvalue weighted by atomic mass is 16.5. The maximum atomic E-state index is 13.7. The standard InChI is InChI=1S/C26H33N5O2/c1-20-16-22(17-27)28-18-23(20)30-19-25(31(24(30)32)14-15-33-4)10-12-26(13-11-25,29(2)3)21-8-6-5-7-9-21/h5-9,16,18H,10-15,19H2,1-4H3. The van der Waals surface area contributed by atoms with Crippen molar-refractivity contribution in [3.63, 3.8) is 0 Å². The Labute approximate surface area is 196 Å². The van der Waals surface area contributed by atoms with Gasteiger partial charge >= 0.3 is 6.03 Å². The summed E-state index contributed by atoms with van der Waals surface area (Å²) in [6.45, 7) is 3.63. The van der Waals surface area contributed by atoms with Gasteiger partial charge in [-0.15, -0.1) is 0 Å². The maximum Gasteiger partial charge on any atom is 0.325 e. The number of rotatable bonds is 6. The van der Waals surface area contributed by atoms with E-state index in [-0.39, 0.29) is 17.1 Å². The minimum Gasteiger partial charge on any atom is -0.383 e. The molecule has 0 unspecified atom stereocenters. The number of benzene rings is 1. The zero-order valence-corrected chi connectivity index (χ0v) is 20.0. The second kappa shape index (κ2) is 9.12. The minimum atomic E-state index is -0.246. The summed E-state index contributed by atoms with van der Waals surface area (Å²) in [6, 6.07) is 14.5. The van der Waals surface area contributed by atoms with Crippen LogP contribution in [0.2, 0.25) is 0 Å². The number of pyridine rings is 1. The zero-order valence-electron chi connectivity index (χ0n) is 20.0. The van der Waals surface area contributed by atoms with E-state index in [0.29, 0.717) is 25.4 Å². The van der Waals surface area contributed by atoms with Crippen molar-refractivity contribution in [1.29, 1.82) is 5.26 Å². The number of aryl methyl sites for hydroxylation is 1. The highest BCUT2D eigenvalue weighted by Gasteiger charge is 2.54. The molecule has 33 heavy (non-hydrogen) atoms. The van der Waals surface area contributed by atoms with Crippen LogP contribution in [0.1, 0.15) is 42.5 Å². The molecular formula is C26H33N5O2. The number of hydrogen-bond acceptors (Lipinski definition) is 5. The zero-order chi connectivity index (χ0) is 23.6. The molecule has 1 aliphatic carbocycles. The summed E-state index contributed by atoms with van der Waals surface area (Å²) < 4.78 is 5.36. The molecule has 174 valence electrons. The second-order valence-corrected chi connectivity index (χ2v) is 9.50. The Kier molecular flexibility index (Phi) is 6.42. The predicted octanol–water partition coefficient (Wildman–Crippen LogP) is 3.92. The molecule has 0 atom stereocenters. The van der Waals surface area contributed by atoms with Gasteiger partial charge in [0.05, 0.1) is 30.6 Å². The topological polar surface area (TPSA) is 72.7 Å². The van der Waals surface area contributed by atoms with Crippen LogP contribution in [0.25, 0.3) is 0 Å². The molecule has 1 saturated carbocycles. The van der Waals surface area contributed by atoms with E-state index in [0.717, 1.165) is 36.9 Å². The molecular weight excluding hydrogens is 414 g/mol. The van der Waals surface area contributed by atoms with Crippen LogP contribution in [-0.2, 0) is 10.3 Å². The third kappa shape index (κ3) is 3.98. The Hall–Kier alpha value is -2.95. The molecule has 1 saturated heterocycles. The number of methoxy groups -OCH3 is 1. The number of carbonyl (C=O) groups is 1. The smallest absolute Gasteiger partial charge is 0.325 e. The SMILES string of the molecule is COCCN1C(=O)N(c2cnc(C#N)cc2C)CC12CCC(c1ccccc1)(N(C)C)CC2. The summed E-state index contributed by atoms with van der Waals surface area (Å²) in [4.78, 5) is 24.1. The van der Waals surface area contributed by atoms with Gasteiger partial charge in [-0.3, -0.25) is 9.80 Å². The van der Waals surface area contributed by atoms with E-state index in [4.69, 9.17) is 4.74 Å². The van der Waals surface area contributed by atoms with Gasteiger partial charge in [-0.2, -0.15) is 5.26 Å². The van der Waals surface area contributed by atoms with Gasteiger partial charge in [0.15, 0.2) is 0 Å². The lowest BCUT2D eigenvalue weighted by Crippen LogP contribution is -2.56. The molecule has 2 amide bonds. The van der Waals surface area contributed by atoms with Crippen LogP contribution in [-0.4, -0.2) is 67.3 Å². The first-order valence-corrected chi connectivity index (χ1v) is 11.5. The van der Waals surface area contributed by atoms with Crippen molar-refractivity contribution in [3.05, 3.63) is 59.4 Å². The molecule has 1 aromatic heterocycles. The monoisotopic (exact) mass is 447 g/mol. The molecule has 1 aliphatic heterocycles. The van der Waals surface area contributed by atoms with Gasteiger partial charge in [-0.25, -0.2) is 9.78 Å². The Morgan fingerprint density at radius 2 is 1.88 bits per heavy atom. The average Bonchev–Trinajstić information content (AvgIpc) is 3.09. The first-order chi connectivity index (χ1) is 15.9. The van der Waals surface area contributed by atoms with E-state index in [1.807, 2.05) is 16.7 Å². The maximum absolute atomic E-state index is 13.7. The lowest BCUT2D eigenvalue weighted by atomic mass is 9.68. The molecule has 2 aromatic rings. The van der Waals surface area contributed by atoms with Crippen LogP contribution in [0, 0.1) is 18.3 Å². The van der Waals surface area contributed by atoms with Crippen molar-refractivity contribution in [3.8, 4) is 6.07 Å². The molecule has 2 heterocycles. The van der Waals surface area contributed by atoms with Gasteiger partial charge in [-0.05, 0) is 63.9 Å². The van der Waals surface area contributed by atoms with E-state index in [9.17, 15) is 10.1 Å². The Morgan fingerprint density at radius 3 is 2.45 bits per heavy atom. The highest BCUT2D eigenvalue weighted by molar-refractivity contribution is 5.96. The predicted molar refractivity (Wildman–Crippen MR) is 128 cm³/mol. The fourth-order valence-corrected chi connectivity index (χ4v) is 5.69. The molecule has 7 nitrogen and oxygen atoms in total. The largest absolute Gasteiger partial charge is 0.383 e. The minimum absolute atomic E-state index is 0.00118. The summed E-state index contributed by atoms with van der Waals surface area (Å²) in [5, 5.41) is 9.18. The van der Waals surface area contributed by atoms with Gasteiger partial charge < -0.3 is 9.64 Å². The Morgan fingerprint density at radius 1 is 1.18 bits per heavy atom. The van der Waals surface area contributed by atoms with Crippen molar-refractivity contribution < 1.29 is 9.53 Å². The second-order valence-electron chi connectivity index (χ2n) is 9.50. The van der Waals surface area contributed by atoms with Crippen molar-refractivity contribution in [2.24, 2.45) is 0 Å². The number of hydrogen-bond donors (Lipinski definition) is 0. The fraction of sp³-hybridized carbons (Fsp3) is 0.500. The number of aromatic nitrogens is 1. The molecule has 0 radical (unpaired) electrons. The summed E-state index contributed by atoms with van der Waals surface area (Å²) >= 11 is 0. The fourth-order valence-electron chi connectivity index (χ4n) is 5.69. The molecule has 2 fully saturated rings. The molecule has 0 bridgehead atoms. The lowest BCUT2D eigenvalue weighted by molar-refractivity contribution is 0.0189. The molecule has 7 heteroatoms. The Balaban J connectivity index is 1.66. The summed E-state index contributed by atoms with van der Waals surface area (Å²) in [6.07, 6.45) is 5.43. The Bertz CT molecular complexity index is 1040. The average molecular weight is 448 g/mol. The quantitative estimate of drug-likeness (QED) is 0.671. The summed E-state index contributed by atoms with van der Waals surface area (Å²) in [5.41, 5.74) is 3.09. The lowest BCUT2D eigenvalue weighted by Gasteiger charge is -2.51. The van der Waals surface area contributed by atoms with E-state index < -0.39 is 0 Å².